The summed E-state index contributed by atoms with van der Waals surface area (Å²) in [7, 11) is 0. The van der Waals surface area contributed by atoms with Gasteiger partial charge in [0.1, 0.15) is 11.5 Å². The van der Waals surface area contributed by atoms with Crippen LogP contribution in [0.5, 0.6) is 0 Å². The molecule has 1 aromatic carbocycles. The smallest absolute Gasteiger partial charge is 0.275 e. The number of anilines is 2. The van der Waals surface area contributed by atoms with Crippen molar-refractivity contribution < 1.29 is 4.79 Å². The minimum absolute atomic E-state index is 0.282. The minimum atomic E-state index is -0.282. The van der Waals surface area contributed by atoms with Crippen molar-refractivity contribution in [3.8, 4) is 0 Å². The van der Waals surface area contributed by atoms with Crippen LogP contribution in [0.1, 0.15) is 23.8 Å². The number of nitrogens with one attached hydrogen (secondary N) is 2. The SMILES string of the molecule is CCCNc1cncc(C(=O)Nc2cccc(Br)c2)n1. The maximum Gasteiger partial charge on any atom is 0.275 e. The van der Waals surface area contributed by atoms with Gasteiger partial charge in [-0.1, -0.05) is 28.9 Å². The molecule has 0 radical (unpaired) electrons. The summed E-state index contributed by atoms with van der Waals surface area (Å²) in [5.74, 6) is 0.324. The van der Waals surface area contributed by atoms with Crippen molar-refractivity contribution in [1.29, 1.82) is 0 Å². The summed E-state index contributed by atoms with van der Waals surface area (Å²) in [5.41, 5.74) is 0.990. The van der Waals surface area contributed by atoms with Gasteiger partial charge in [-0.2, -0.15) is 0 Å². The van der Waals surface area contributed by atoms with Crippen LogP contribution in [0, 0.1) is 0 Å². The van der Waals surface area contributed by atoms with Gasteiger partial charge in [0, 0.05) is 16.7 Å². The first kappa shape index (κ1) is 14.5. The van der Waals surface area contributed by atoms with Crippen LogP contribution in [-0.4, -0.2) is 22.4 Å². The Balaban J connectivity index is 2.09. The fourth-order valence-corrected chi connectivity index (χ4v) is 1.97. The highest BCUT2D eigenvalue weighted by Crippen LogP contribution is 2.16. The summed E-state index contributed by atoms with van der Waals surface area (Å²) in [6, 6.07) is 7.38. The standard InChI is InChI=1S/C14H15BrN4O/c1-2-6-17-13-9-16-8-12(19-13)14(20)18-11-5-3-4-10(15)7-11/h3-5,7-9H,2,6H2,1H3,(H,17,19)(H,18,20). The van der Waals surface area contributed by atoms with Crippen molar-refractivity contribution in [3.05, 3.63) is 46.8 Å². The first-order valence-electron chi connectivity index (χ1n) is 6.32. The van der Waals surface area contributed by atoms with Gasteiger partial charge >= 0.3 is 0 Å². The molecule has 1 amide bonds. The summed E-state index contributed by atoms with van der Waals surface area (Å²) in [6.45, 7) is 2.86. The molecule has 0 saturated carbocycles. The lowest BCUT2D eigenvalue weighted by Gasteiger charge is -2.07. The second kappa shape index (κ2) is 7.00. The van der Waals surface area contributed by atoms with Crippen LogP contribution in [0.4, 0.5) is 11.5 Å². The van der Waals surface area contributed by atoms with Gasteiger partial charge in [-0.25, -0.2) is 4.98 Å². The molecule has 2 N–H and O–H groups in total. The van der Waals surface area contributed by atoms with Crippen LogP contribution in [0.3, 0.4) is 0 Å². The monoisotopic (exact) mass is 334 g/mol. The Bertz CT molecular complexity index is 603. The molecule has 20 heavy (non-hydrogen) atoms. The molecular weight excluding hydrogens is 320 g/mol. The van der Waals surface area contributed by atoms with Crippen molar-refractivity contribution in [2.75, 3.05) is 17.2 Å². The zero-order valence-corrected chi connectivity index (χ0v) is 12.6. The Morgan fingerprint density at radius 3 is 2.95 bits per heavy atom. The Labute approximate surface area is 126 Å². The molecule has 0 fully saturated rings. The number of benzene rings is 1. The molecule has 0 atom stereocenters. The van der Waals surface area contributed by atoms with Crippen LogP contribution < -0.4 is 10.6 Å². The predicted molar refractivity (Wildman–Crippen MR) is 82.9 cm³/mol. The van der Waals surface area contributed by atoms with Crippen molar-refractivity contribution in [2.24, 2.45) is 0 Å². The number of nitrogens with zero attached hydrogens (tertiary/aromatic N) is 2. The number of halogens is 1. The average molecular weight is 335 g/mol. The highest BCUT2D eigenvalue weighted by atomic mass is 79.9. The van der Waals surface area contributed by atoms with E-state index in [1.54, 1.807) is 6.20 Å². The molecule has 0 unspecified atom stereocenters. The fourth-order valence-electron chi connectivity index (χ4n) is 1.57. The van der Waals surface area contributed by atoms with Gasteiger partial charge in [0.15, 0.2) is 0 Å². The summed E-state index contributed by atoms with van der Waals surface area (Å²) < 4.78 is 0.903. The highest BCUT2D eigenvalue weighted by Gasteiger charge is 2.09. The molecule has 2 aromatic rings. The highest BCUT2D eigenvalue weighted by molar-refractivity contribution is 9.10. The molecule has 1 heterocycles. The third-order valence-corrected chi connectivity index (χ3v) is 3.00. The Morgan fingerprint density at radius 2 is 2.20 bits per heavy atom. The topological polar surface area (TPSA) is 66.9 Å². The van der Waals surface area contributed by atoms with E-state index in [-0.39, 0.29) is 11.6 Å². The van der Waals surface area contributed by atoms with E-state index in [0.29, 0.717) is 11.5 Å². The van der Waals surface area contributed by atoms with Gasteiger partial charge in [0.25, 0.3) is 5.91 Å². The molecule has 1 aromatic heterocycles. The largest absolute Gasteiger partial charge is 0.369 e. The van der Waals surface area contributed by atoms with Gasteiger partial charge in [0.05, 0.1) is 12.4 Å². The Kier molecular flexibility index (Phi) is 5.06. The minimum Gasteiger partial charge on any atom is -0.369 e. The van der Waals surface area contributed by atoms with Crippen LogP contribution in [0.2, 0.25) is 0 Å². The van der Waals surface area contributed by atoms with Gasteiger partial charge in [-0.05, 0) is 24.6 Å². The van der Waals surface area contributed by atoms with E-state index in [0.717, 1.165) is 17.4 Å². The van der Waals surface area contributed by atoms with E-state index in [4.69, 9.17) is 0 Å². The molecule has 0 bridgehead atoms. The zero-order valence-electron chi connectivity index (χ0n) is 11.1. The molecule has 0 aliphatic carbocycles. The molecule has 6 heteroatoms. The van der Waals surface area contributed by atoms with Crippen molar-refractivity contribution in [2.45, 2.75) is 13.3 Å². The van der Waals surface area contributed by atoms with Crippen LogP contribution >= 0.6 is 15.9 Å². The van der Waals surface area contributed by atoms with Crippen molar-refractivity contribution >= 4 is 33.3 Å². The van der Waals surface area contributed by atoms with Gasteiger partial charge in [0.2, 0.25) is 0 Å². The quantitative estimate of drug-likeness (QED) is 0.880. The fraction of sp³-hybridized carbons (Fsp3) is 0.214. The van der Waals surface area contributed by atoms with Gasteiger partial charge in [-0.15, -0.1) is 0 Å². The Hall–Kier alpha value is -1.95. The van der Waals surface area contributed by atoms with Crippen molar-refractivity contribution in [1.82, 2.24) is 9.97 Å². The molecule has 0 aliphatic rings. The third kappa shape index (κ3) is 4.03. The number of carbonyl (C=O) groups is 1. The molecule has 0 aliphatic heterocycles. The summed E-state index contributed by atoms with van der Waals surface area (Å²) >= 11 is 3.36. The first-order chi connectivity index (χ1) is 9.69. The van der Waals surface area contributed by atoms with Gasteiger partial charge < -0.3 is 10.6 Å². The lowest BCUT2D eigenvalue weighted by Crippen LogP contribution is -2.15. The Morgan fingerprint density at radius 1 is 1.35 bits per heavy atom. The molecule has 104 valence electrons. The van der Waals surface area contributed by atoms with E-state index in [9.17, 15) is 4.79 Å². The molecule has 0 saturated heterocycles. The van der Waals surface area contributed by atoms with Crippen LogP contribution in [0.25, 0.3) is 0 Å². The normalized spacial score (nSPS) is 10.1. The van der Waals surface area contributed by atoms with E-state index < -0.39 is 0 Å². The van der Waals surface area contributed by atoms with Crippen LogP contribution in [0.15, 0.2) is 41.1 Å². The summed E-state index contributed by atoms with van der Waals surface area (Å²) in [4.78, 5) is 20.3. The third-order valence-electron chi connectivity index (χ3n) is 2.51. The average Bonchev–Trinajstić information content (AvgIpc) is 2.45. The molecule has 5 nitrogen and oxygen atoms in total. The number of amides is 1. The van der Waals surface area contributed by atoms with Gasteiger partial charge in [-0.3, -0.25) is 9.78 Å². The lowest BCUT2D eigenvalue weighted by molar-refractivity contribution is 0.102. The number of hydrogen-bond acceptors (Lipinski definition) is 4. The molecule has 0 spiro atoms. The van der Waals surface area contributed by atoms with E-state index >= 15 is 0 Å². The van der Waals surface area contributed by atoms with E-state index in [1.165, 1.54) is 6.20 Å². The molecule has 2 rings (SSSR count). The predicted octanol–water partition coefficient (Wildman–Crippen LogP) is 3.31. The zero-order chi connectivity index (χ0) is 14.4. The van der Waals surface area contributed by atoms with Crippen molar-refractivity contribution in [3.63, 3.8) is 0 Å². The van der Waals surface area contributed by atoms with E-state index in [1.807, 2.05) is 24.3 Å². The second-order valence-electron chi connectivity index (χ2n) is 4.18. The number of hydrogen-bond donors (Lipinski definition) is 2. The molecular formula is C14H15BrN4O. The summed E-state index contributed by atoms with van der Waals surface area (Å²) in [5, 5.41) is 5.88. The maximum absolute atomic E-state index is 12.1. The van der Waals surface area contributed by atoms with E-state index in [2.05, 4.69) is 43.5 Å². The number of carbonyl (C=O) groups excluding carboxylic acids is 1. The second-order valence-corrected chi connectivity index (χ2v) is 5.10. The summed E-state index contributed by atoms with van der Waals surface area (Å²) in [6.07, 6.45) is 4.03. The lowest BCUT2D eigenvalue weighted by atomic mass is 10.3. The number of rotatable bonds is 5. The van der Waals surface area contributed by atoms with Crippen LogP contribution in [-0.2, 0) is 0 Å². The maximum atomic E-state index is 12.1. The number of aromatic nitrogens is 2. The first-order valence-corrected chi connectivity index (χ1v) is 7.11.